The smallest absolute Gasteiger partial charge is 0.201 e. The van der Waals surface area contributed by atoms with Gasteiger partial charge in [-0.15, -0.1) is 0 Å². The molecule has 0 aliphatic carbocycles. The third-order valence-corrected chi connectivity index (χ3v) is 3.45. The summed E-state index contributed by atoms with van der Waals surface area (Å²) in [4.78, 5) is 4.10. The van der Waals surface area contributed by atoms with Crippen molar-refractivity contribution in [3.05, 3.63) is 59.9 Å². The van der Waals surface area contributed by atoms with Gasteiger partial charge in [-0.1, -0.05) is 36.4 Å². The predicted molar refractivity (Wildman–Crippen MR) is 78.9 cm³/mol. The van der Waals surface area contributed by atoms with E-state index in [0.29, 0.717) is 11.5 Å². The normalized spacial score (nSPS) is 11.1. The third-order valence-electron chi connectivity index (χ3n) is 3.45. The SMILES string of the molecule is Nc1nc2c(F)cccc2n1CCCc1ccccc1. The summed E-state index contributed by atoms with van der Waals surface area (Å²) in [5, 5.41) is 0. The minimum atomic E-state index is -0.323. The minimum absolute atomic E-state index is 0.323. The molecule has 0 radical (unpaired) electrons. The summed E-state index contributed by atoms with van der Waals surface area (Å²) in [5.74, 6) is 0.0502. The zero-order valence-electron chi connectivity index (χ0n) is 11.1. The zero-order valence-corrected chi connectivity index (χ0v) is 11.1. The van der Waals surface area contributed by atoms with E-state index < -0.39 is 0 Å². The Kier molecular flexibility index (Phi) is 3.37. The van der Waals surface area contributed by atoms with Crippen LogP contribution in [0.4, 0.5) is 10.3 Å². The molecule has 0 unspecified atom stereocenters. The maximum atomic E-state index is 13.6. The summed E-state index contributed by atoms with van der Waals surface area (Å²) in [6.07, 6.45) is 1.91. The van der Waals surface area contributed by atoms with E-state index >= 15 is 0 Å². The van der Waals surface area contributed by atoms with Gasteiger partial charge in [-0.2, -0.15) is 0 Å². The average Bonchev–Trinajstić information content (AvgIpc) is 2.78. The van der Waals surface area contributed by atoms with E-state index in [1.165, 1.54) is 11.6 Å². The molecule has 20 heavy (non-hydrogen) atoms. The van der Waals surface area contributed by atoms with E-state index in [-0.39, 0.29) is 5.82 Å². The van der Waals surface area contributed by atoms with Crippen LogP contribution in [0.25, 0.3) is 11.0 Å². The van der Waals surface area contributed by atoms with Crippen molar-refractivity contribution in [2.24, 2.45) is 0 Å². The first-order valence-electron chi connectivity index (χ1n) is 6.70. The number of anilines is 1. The molecule has 0 aliphatic rings. The lowest BCUT2D eigenvalue weighted by Crippen LogP contribution is -2.04. The van der Waals surface area contributed by atoms with E-state index in [1.807, 2.05) is 28.8 Å². The maximum Gasteiger partial charge on any atom is 0.201 e. The maximum absolute atomic E-state index is 13.6. The van der Waals surface area contributed by atoms with Crippen molar-refractivity contribution in [3.8, 4) is 0 Å². The molecule has 2 aromatic carbocycles. The Morgan fingerprint density at radius 1 is 1.05 bits per heavy atom. The number of aromatic nitrogens is 2. The molecule has 4 heteroatoms. The first-order valence-corrected chi connectivity index (χ1v) is 6.70. The number of hydrogen-bond donors (Lipinski definition) is 1. The van der Waals surface area contributed by atoms with Crippen molar-refractivity contribution >= 4 is 17.0 Å². The van der Waals surface area contributed by atoms with Gasteiger partial charge in [0.1, 0.15) is 5.52 Å². The Labute approximate surface area is 116 Å². The third kappa shape index (κ3) is 2.37. The molecule has 1 heterocycles. The fourth-order valence-corrected chi connectivity index (χ4v) is 2.45. The highest BCUT2D eigenvalue weighted by Gasteiger charge is 2.10. The topological polar surface area (TPSA) is 43.8 Å². The lowest BCUT2D eigenvalue weighted by molar-refractivity contribution is 0.636. The number of imidazole rings is 1. The van der Waals surface area contributed by atoms with Crippen molar-refractivity contribution in [2.75, 3.05) is 5.73 Å². The van der Waals surface area contributed by atoms with Crippen molar-refractivity contribution in [1.29, 1.82) is 0 Å². The zero-order chi connectivity index (χ0) is 13.9. The Balaban J connectivity index is 1.78. The lowest BCUT2D eigenvalue weighted by atomic mass is 10.1. The van der Waals surface area contributed by atoms with E-state index in [4.69, 9.17) is 5.73 Å². The van der Waals surface area contributed by atoms with Crippen LogP contribution in [0, 0.1) is 5.82 Å². The van der Waals surface area contributed by atoms with Crippen LogP contribution >= 0.6 is 0 Å². The van der Waals surface area contributed by atoms with Crippen LogP contribution in [0.15, 0.2) is 48.5 Å². The molecule has 0 amide bonds. The van der Waals surface area contributed by atoms with Crippen LogP contribution in [0.3, 0.4) is 0 Å². The molecule has 3 aromatic rings. The van der Waals surface area contributed by atoms with Gasteiger partial charge >= 0.3 is 0 Å². The van der Waals surface area contributed by atoms with Crippen molar-refractivity contribution in [2.45, 2.75) is 19.4 Å². The van der Waals surface area contributed by atoms with Crippen LogP contribution in [0.2, 0.25) is 0 Å². The van der Waals surface area contributed by atoms with E-state index in [0.717, 1.165) is 24.9 Å². The number of fused-ring (bicyclic) bond motifs is 1. The van der Waals surface area contributed by atoms with Gasteiger partial charge in [-0.3, -0.25) is 0 Å². The van der Waals surface area contributed by atoms with E-state index in [1.54, 1.807) is 6.07 Å². The Hall–Kier alpha value is -2.36. The van der Waals surface area contributed by atoms with E-state index in [9.17, 15) is 4.39 Å². The number of halogens is 1. The summed E-state index contributed by atoms with van der Waals surface area (Å²) >= 11 is 0. The number of benzene rings is 2. The summed E-state index contributed by atoms with van der Waals surface area (Å²) in [6, 6.07) is 15.2. The Bertz CT molecular complexity index is 719. The number of aryl methyl sites for hydroxylation is 2. The first-order chi connectivity index (χ1) is 9.75. The average molecular weight is 269 g/mol. The molecule has 0 fully saturated rings. The van der Waals surface area contributed by atoms with Crippen LogP contribution in [0.1, 0.15) is 12.0 Å². The molecule has 0 saturated heterocycles. The van der Waals surface area contributed by atoms with Gasteiger partial charge in [0.25, 0.3) is 0 Å². The van der Waals surface area contributed by atoms with Crippen LogP contribution in [-0.2, 0) is 13.0 Å². The summed E-state index contributed by atoms with van der Waals surface area (Å²) in [7, 11) is 0. The minimum Gasteiger partial charge on any atom is -0.369 e. The van der Waals surface area contributed by atoms with Gasteiger partial charge in [-0.05, 0) is 30.5 Å². The summed E-state index contributed by atoms with van der Waals surface area (Å²) < 4.78 is 15.5. The van der Waals surface area contributed by atoms with Gasteiger partial charge in [0.15, 0.2) is 5.82 Å². The quantitative estimate of drug-likeness (QED) is 0.789. The van der Waals surface area contributed by atoms with Crippen molar-refractivity contribution in [1.82, 2.24) is 9.55 Å². The number of rotatable bonds is 4. The van der Waals surface area contributed by atoms with Gasteiger partial charge in [0.05, 0.1) is 5.52 Å². The molecule has 3 rings (SSSR count). The Morgan fingerprint density at radius 2 is 1.85 bits per heavy atom. The molecule has 0 saturated carbocycles. The second kappa shape index (κ2) is 5.33. The number of para-hydroxylation sites is 1. The molecule has 102 valence electrons. The highest BCUT2D eigenvalue weighted by Crippen LogP contribution is 2.21. The second-order valence-electron chi connectivity index (χ2n) is 4.82. The fraction of sp³-hybridized carbons (Fsp3) is 0.188. The molecule has 0 atom stereocenters. The molecule has 0 bridgehead atoms. The number of nitrogens with zero attached hydrogens (tertiary/aromatic N) is 2. The van der Waals surface area contributed by atoms with Crippen molar-refractivity contribution in [3.63, 3.8) is 0 Å². The van der Waals surface area contributed by atoms with Gasteiger partial charge in [-0.25, -0.2) is 9.37 Å². The number of hydrogen-bond acceptors (Lipinski definition) is 2. The lowest BCUT2D eigenvalue weighted by Gasteiger charge is -2.06. The first kappa shape index (κ1) is 12.7. The monoisotopic (exact) mass is 269 g/mol. The largest absolute Gasteiger partial charge is 0.369 e. The highest BCUT2D eigenvalue weighted by molar-refractivity contribution is 5.78. The molecule has 2 N–H and O–H groups in total. The standard InChI is InChI=1S/C16H16FN3/c17-13-9-4-10-14-15(13)19-16(18)20(14)11-5-8-12-6-2-1-3-7-12/h1-4,6-7,9-10H,5,8,11H2,(H2,18,19). The van der Waals surface area contributed by atoms with Gasteiger partial charge < -0.3 is 10.3 Å². The molecule has 1 aromatic heterocycles. The molecule has 0 aliphatic heterocycles. The van der Waals surface area contributed by atoms with Crippen LogP contribution in [-0.4, -0.2) is 9.55 Å². The second-order valence-corrected chi connectivity index (χ2v) is 4.82. The molecule has 3 nitrogen and oxygen atoms in total. The summed E-state index contributed by atoms with van der Waals surface area (Å²) in [6.45, 7) is 0.737. The van der Waals surface area contributed by atoms with Gasteiger partial charge in [0.2, 0.25) is 5.95 Å². The summed E-state index contributed by atoms with van der Waals surface area (Å²) in [5.41, 5.74) is 8.29. The van der Waals surface area contributed by atoms with E-state index in [2.05, 4.69) is 17.1 Å². The highest BCUT2D eigenvalue weighted by atomic mass is 19.1. The molecule has 0 spiro atoms. The van der Waals surface area contributed by atoms with Crippen LogP contribution < -0.4 is 5.73 Å². The molecular weight excluding hydrogens is 253 g/mol. The van der Waals surface area contributed by atoms with Gasteiger partial charge in [0, 0.05) is 6.54 Å². The number of nitrogen functional groups attached to an aromatic ring is 1. The Morgan fingerprint density at radius 3 is 2.65 bits per heavy atom. The predicted octanol–water partition coefficient (Wildman–Crippen LogP) is 3.39. The molecular formula is C16H16FN3. The van der Waals surface area contributed by atoms with Crippen LogP contribution in [0.5, 0.6) is 0 Å². The number of nitrogens with two attached hydrogens (primary N) is 1. The fourth-order valence-electron chi connectivity index (χ4n) is 2.45. The van der Waals surface area contributed by atoms with Crippen molar-refractivity contribution < 1.29 is 4.39 Å².